The zero-order chi connectivity index (χ0) is 10.8. The van der Waals surface area contributed by atoms with Crippen molar-refractivity contribution in [1.29, 1.82) is 5.26 Å². The fraction of sp³-hybridized carbons (Fsp3) is 0.400. The molecule has 4 nitrogen and oxygen atoms in total. The van der Waals surface area contributed by atoms with Crippen LogP contribution in [0, 0.1) is 11.3 Å². The molecule has 1 rings (SSSR count). The summed E-state index contributed by atoms with van der Waals surface area (Å²) in [5.74, 6) is 0.554. The van der Waals surface area contributed by atoms with Gasteiger partial charge < -0.3 is 10.5 Å². The van der Waals surface area contributed by atoms with Gasteiger partial charge in [-0.05, 0) is 13.8 Å². The van der Waals surface area contributed by atoms with Gasteiger partial charge in [-0.25, -0.2) is 0 Å². The number of methoxy groups -OCH3 is 1. The first-order valence-electron chi connectivity index (χ1n) is 4.22. The summed E-state index contributed by atoms with van der Waals surface area (Å²) in [6, 6.07) is 3.86. The Morgan fingerprint density at radius 2 is 2.21 bits per heavy atom. The number of pyridine rings is 1. The molecule has 0 radical (unpaired) electrons. The SMILES string of the molecule is COc1cc(C(C)(C)C#N)ncc1N. The fourth-order valence-corrected chi connectivity index (χ4v) is 1.02. The van der Waals surface area contributed by atoms with Gasteiger partial charge in [-0.3, -0.25) is 4.98 Å². The lowest BCUT2D eigenvalue weighted by Gasteiger charge is -2.15. The highest BCUT2D eigenvalue weighted by molar-refractivity contribution is 5.52. The number of nitrogens with zero attached hydrogens (tertiary/aromatic N) is 2. The van der Waals surface area contributed by atoms with Gasteiger partial charge in [0.05, 0.1) is 36.2 Å². The minimum absolute atomic E-state index is 0.477. The second-order valence-corrected chi connectivity index (χ2v) is 3.55. The molecule has 0 atom stereocenters. The van der Waals surface area contributed by atoms with Crippen molar-refractivity contribution in [1.82, 2.24) is 4.98 Å². The van der Waals surface area contributed by atoms with E-state index in [9.17, 15) is 0 Å². The predicted octanol–water partition coefficient (Wildman–Crippen LogP) is 1.47. The minimum Gasteiger partial charge on any atom is -0.494 e. The van der Waals surface area contributed by atoms with Crippen molar-refractivity contribution in [2.75, 3.05) is 12.8 Å². The highest BCUT2D eigenvalue weighted by Crippen LogP contribution is 2.27. The number of nitrogens with two attached hydrogens (primary N) is 1. The number of ether oxygens (including phenoxy) is 1. The third-order valence-corrected chi connectivity index (χ3v) is 2.03. The zero-order valence-corrected chi connectivity index (χ0v) is 8.53. The van der Waals surface area contributed by atoms with Crippen LogP contribution in [0.15, 0.2) is 12.3 Å². The molecule has 0 saturated carbocycles. The summed E-state index contributed by atoms with van der Waals surface area (Å²) in [7, 11) is 1.54. The average Bonchev–Trinajstić information content (AvgIpc) is 2.18. The van der Waals surface area contributed by atoms with E-state index in [-0.39, 0.29) is 0 Å². The molecule has 0 unspecified atom stereocenters. The van der Waals surface area contributed by atoms with E-state index in [1.807, 2.05) is 0 Å². The van der Waals surface area contributed by atoms with E-state index in [0.717, 1.165) is 0 Å². The zero-order valence-electron chi connectivity index (χ0n) is 8.53. The average molecular weight is 191 g/mol. The van der Waals surface area contributed by atoms with Crippen LogP contribution in [0.1, 0.15) is 19.5 Å². The number of nitrogen functional groups attached to an aromatic ring is 1. The molecule has 1 aromatic heterocycles. The highest BCUT2D eigenvalue weighted by Gasteiger charge is 2.22. The molecule has 1 aromatic rings. The molecule has 0 aliphatic carbocycles. The Morgan fingerprint density at radius 1 is 1.57 bits per heavy atom. The third-order valence-electron chi connectivity index (χ3n) is 2.03. The van der Waals surface area contributed by atoms with Crippen LogP contribution in [-0.2, 0) is 5.41 Å². The van der Waals surface area contributed by atoms with Crippen LogP contribution >= 0.6 is 0 Å². The summed E-state index contributed by atoms with van der Waals surface area (Å²) >= 11 is 0. The van der Waals surface area contributed by atoms with Crippen molar-refractivity contribution < 1.29 is 4.74 Å². The van der Waals surface area contributed by atoms with Crippen LogP contribution in [0.25, 0.3) is 0 Å². The molecule has 0 aromatic carbocycles. The van der Waals surface area contributed by atoms with Crippen LogP contribution in [0.5, 0.6) is 5.75 Å². The fourth-order valence-electron chi connectivity index (χ4n) is 1.02. The molecule has 0 bridgehead atoms. The Balaban J connectivity index is 3.21. The maximum absolute atomic E-state index is 8.92. The van der Waals surface area contributed by atoms with Crippen molar-refractivity contribution >= 4 is 5.69 Å². The number of hydrogen-bond acceptors (Lipinski definition) is 4. The van der Waals surface area contributed by atoms with Crippen LogP contribution in [0.3, 0.4) is 0 Å². The Kier molecular flexibility index (Phi) is 2.61. The van der Waals surface area contributed by atoms with Gasteiger partial charge in [0.2, 0.25) is 0 Å². The molecule has 2 N–H and O–H groups in total. The van der Waals surface area contributed by atoms with E-state index in [1.54, 1.807) is 19.9 Å². The Bertz CT molecular complexity index is 379. The maximum Gasteiger partial charge on any atom is 0.145 e. The van der Waals surface area contributed by atoms with E-state index < -0.39 is 5.41 Å². The van der Waals surface area contributed by atoms with Gasteiger partial charge in [0.25, 0.3) is 0 Å². The molecule has 0 spiro atoms. The largest absolute Gasteiger partial charge is 0.494 e. The first kappa shape index (κ1) is 10.3. The normalized spacial score (nSPS) is 10.7. The van der Waals surface area contributed by atoms with Gasteiger partial charge in [-0.15, -0.1) is 0 Å². The van der Waals surface area contributed by atoms with Crippen molar-refractivity contribution in [2.24, 2.45) is 0 Å². The first-order chi connectivity index (χ1) is 6.51. The summed E-state index contributed by atoms with van der Waals surface area (Å²) in [5.41, 5.74) is 6.13. The number of anilines is 1. The lowest BCUT2D eigenvalue weighted by molar-refractivity contribution is 0.414. The van der Waals surface area contributed by atoms with E-state index in [2.05, 4.69) is 11.1 Å². The van der Waals surface area contributed by atoms with Crippen LogP contribution in [0.4, 0.5) is 5.69 Å². The number of hydrogen-bond donors (Lipinski definition) is 1. The molecule has 0 aliphatic heterocycles. The van der Waals surface area contributed by atoms with Crippen molar-refractivity contribution in [3.63, 3.8) is 0 Å². The quantitative estimate of drug-likeness (QED) is 0.768. The topological polar surface area (TPSA) is 71.9 Å². The second-order valence-electron chi connectivity index (χ2n) is 3.55. The van der Waals surface area contributed by atoms with Crippen LogP contribution in [-0.4, -0.2) is 12.1 Å². The van der Waals surface area contributed by atoms with Crippen LogP contribution in [0.2, 0.25) is 0 Å². The van der Waals surface area contributed by atoms with Gasteiger partial charge in [0, 0.05) is 6.07 Å². The summed E-state index contributed by atoms with van der Waals surface area (Å²) in [5, 5.41) is 8.92. The van der Waals surface area contributed by atoms with Crippen molar-refractivity contribution in [3.05, 3.63) is 18.0 Å². The van der Waals surface area contributed by atoms with Gasteiger partial charge in [-0.2, -0.15) is 5.26 Å². The summed E-state index contributed by atoms with van der Waals surface area (Å²) < 4.78 is 5.05. The minimum atomic E-state index is -0.624. The van der Waals surface area contributed by atoms with Gasteiger partial charge in [0.15, 0.2) is 0 Å². The highest BCUT2D eigenvalue weighted by atomic mass is 16.5. The lowest BCUT2D eigenvalue weighted by Crippen LogP contribution is -2.16. The van der Waals surface area contributed by atoms with E-state index >= 15 is 0 Å². The van der Waals surface area contributed by atoms with Gasteiger partial charge >= 0.3 is 0 Å². The van der Waals surface area contributed by atoms with E-state index in [0.29, 0.717) is 17.1 Å². The number of nitriles is 1. The Labute approximate surface area is 83.3 Å². The van der Waals surface area contributed by atoms with Gasteiger partial charge in [0.1, 0.15) is 5.75 Å². The molecule has 0 aliphatic rings. The molecule has 0 amide bonds. The Morgan fingerprint density at radius 3 is 2.71 bits per heavy atom. The molecule has 14 heavy (non-hydrogen) atoms. The maximum atomic E-state index is 8.92. The standard InChI is InChI=1S/C10H13N3O/c1-10(2,6-11)9-4-8(14-3)7(12)5-13-9/h4-5H,12H2,1-3H3. The van der Waals surface area contributed by atoms with Crippen LogP contribution < -0.4 is 10.5 Å². The van der Waals surface area contributed by atoms with Crippen molar-refractivity contribution in [2.45, 2.75) is 19.3 Å². The third kappa shape index (κ3) is 1.77. The van der Waals surface area contributed by atoms with Crippen molar-refractivity contribution in [3.8, 4) is 11.8 Å². The number of aromatic nitrogens is 1. The van der Waals surface area contributed by atoms with E-state index in [4.69, 9.17) is 15.7 Å². The molecule has 0 saturated heterocycles. The van der Waals surface area contributed by atoms with E-state index in [1.165, 1.54) is 13.3 Å². The first-order valence-corrected chi connectivity index (χ1v) is 4.22. The molecule has 1 heterocycles. The second kappa shape index (κ2) is 3.54. The summed E-state index contributed by atoms with van der Waals surface area (Å²) in [4.78, 5) is 4.10. The van der Waals surface area contributed by atoms with Gasteiger partial charge in [-0.1, -0.05) is 0 Å². The predicted molar refractivity (Wildman–Crippen MR) is 53.8 cm³/mol. The lowest BCUT2D eigenvalue weighted by atomic mass is 9.91. The summed E-state index contributed by atoms with van der Waals surface area (Å²) in [6.07, 6.45) is 1.51. The molecular formula is C10H13N3O. The molecule has 4 heteroatoms. The molecule has 0 fully saturated rings. The number of rotatable bonds is 2. The summed E-state index contributed by atoms with van der Waals surface area (Å²) in [6.45, 7) is 3.59. The molecular weight excluding hydrogens is 178 g/mol. The molecule has 74 valence electrons. The monoisotopic (exact) mass is 191 g/mol. The smallest absolute Gasteiger partial charge is 0.145 e. The Hall–Kier alpha value is -1.76.